The summed E-state index contributed by atoms with van der Waals surface area (Å²) >= 11 is 0. The zero-order valence-electron chi connectivity index (χ0n) is 13.9. The fraction of sp³-hybridized carbons (Fsp3) is 0.444. The summed E-state index contributed by atoms with van der Waals surface area (Å²) in [5.74, 6) is -0.190. The van der Waals surface area contributed by atoms with Crippen molar-refractivity contribution in [3.8, 4) is 0 Å². The van der Waals surface area contributed by atoms with Crippen LogP contribution in [0.1, 0.15) is 44.2 Å². The molecule has 22 heavy (non-hydrogen) atoms. The van der Waals surface area contributed by atoms with E-state index in [4.69, 9.17) is 4.74 Å². The Morgan fingerprint density at radius 3 is 2.41 bits per heavy atom. The first-order valence-corrected chi connectivity index (χ1v) is 7.62. The Morgan fingerprint density at radius 1 is 1.23 bits per heavy atom. The molecule has 1 amide bonds. The summed E-state index contributed by atoms with van der Waals surface area (Å²) in [6.45, 7) is 5.79. The van der Waals surface area contributed by atoms with Crippen molar-refractivity contribution in [3.63, 3.8) is 0 Å². The second-order valence-corrected chi connectivity index (χ2v) is 5.23. The van der Waals surface area contributed by atoms with Gasteiger partial charge >= 0.3 is 5.97 Å². The Labute approximate surface area is 132 Å². The molecule has 0 N–H and O–H groups in total. The van der Waals surface area contributed by atoms with Crippen LogP contribution in [0, 0.1) is 6.92 Å². The molecule has 0 spiro atoms. The minimum atomic E-state index is -0.173. The van der Waals surface area contributed by atoms with E-state index in [1.165, 1.54) is 5.56 Å². The first kappa shape index (κ1) is 18.0. The van der Waals surface area contributed by atoms with Crippen molar-refractivity contribution in [1.29, 1.82) is 0 Å². The van der Waals surface area contributed by atoms with Gasteiger partial charge in [0.05, 0.1) is 6.61 Å². The highest BCUT2D eigenvalue weighted by molar-refractivity contribution is 5.84. The lowest BCUT2D eigenvalue weighted by atomic mass is 10.1. The first-order valence-electron chi connectivity index (χ1n) is 7.62. The Bertz CT molecular complexity index is 532. The number of benzene rings is 1. The molecule has 0 heterocycles. The minimum absolute atomic E-state index is 0.0165. The molecule has 4 heteroatoms. The second kappa shape index (κ2) is 9.03. The molecule has 0 aliphatic carbocycles. The van der Waals surface area contributed by atoms with Crippen LogP contribution >= 0.6 is 0 Å². The fourth-order valence-electron chi connectivity index (χ4n) is 2.06. The number of carbonyl (C=O) groups is 2. The lowest BCUT2D eigenvalue weighted by molar-refractivity contribution is -0.143. The Morgan fingerprint density at radius 2 is 1.86 bits per heavy atom. The standard InChI is InChI=1S/C18H25NO3/c1-5-22-18(21)9-7-6-8-17(19(4)15(3)20)16-12-10-14(2)11-13-16/h8,10-13H,5-7,9H2,1-4H3/b17-8+. The molecular weight excluding hydrogens is 278 g/mol. The minimum Gasteiger partial charge on any atom is -0.466 e. The zero-order chi connectivity index (χ0) is 16.5. The predicted molar refractivity (Wildman–Crippen MR) is 88.1 cm³/mol. The van der Waals surface area contributed by atoms with Crippen molar-refractivity contribution in [2.45, 2.75) is 40.0 Å². The highest BCUT2D eigenvalue weighted by Gasteiger charge is 2.11. The molecule has 0 unspecified atom stereocenters. The van der Waals surface area contributed by atoms with Crippen molar-refractivity contribution in [2.24, 2.45) is 0 Å². The summed E-state index contributed by atoms with van der Waals surface area (Å²) < 4.78 is 4.91. The third-order valence-corrected chi connectivity index (χ3v) is 3.41. The van der Waals surface area contributed by atoms with E-state index in [-0.39, 0.29) is 11.9 Å². The Kier molecular flexibility index (Phi) is 7.37. The predicted octanol–water partition coefficient (Wildman–Crippen LogP) is 3.55. The van der Waals surface area contributed by atoms with E-state index in [0.29, 0.717) is 19.4 Å². The SMILES string of the molecule is CCOC(=O)CCC/C=C(\c1ccc(C)cc1)N(C)C(C)=O. The normalized spacial score (nSPS) is 11.2. The van der Waals surface area contributed by atoms with Crippen LogP contribution < -0.4 is 0 Å². The molecule has 0 aliphatic rings. The molecule has 0 aromatic heterocycles. The number of hydrogen-bond acceptors (Lipinski definition) is 3. The lowest BCUT2D eigenvalue weighted by Crippen LogP contribution is -2.22. The summed E-state index contributed by atoms with van der Waals surface area (Å²) in [5, 5.41) is 0. The number of rotatable bonds is 7. The highest BCUT2D eigenvalue weighted by Crippen LogP contribution is 2.20. The van der Waals surface area contributed by atoms with E-state index in [1.54, 1.807) is 25.8 Å². The van der Waals surface area contributed by atoms with Gasteiger partial charge in [-0.3, -0.25) is 9.59 Å². The van der Waals surface area contributed by atoms with Crippen molar-refractivity contribution in [3.05, 3.63) is 41.5 Å². The largest absolute Gasteiger partial charge is 0.466 e. The van der Waals surface area contributed by atoms with Crippen molar-refractivity contribution in [2.75, 3.05) is 13.7 Å². The number of ether oxygens (including phenoxy) is 1. The van der Waals surface area contributed by atoms with Crippen LogP contribution in [0.5, 0.6) is 0 Å². The van der Waals surface area contributed by atoms with Gasteiger partial charge in [-0.15, -0.1) is 0 Å². The van der Waals surface area contributed by atoms with Gasteiger partial charge in [-0.05, 0) is 32.3 Å². The molecule has 4 nitrogen and oxygen atoms in total. The number of hydrogen-bond donors (Lipinski definition) is 0. The number of nitrogens with zero attached hydrogens (tertiary/aromatic N) is 1. The van der Waals surface area contributed by atoms with Gasteiger partial charge in [-0.2, -0.15) is 0 Å². The number of unbranched alkanes of at least 4 members (excludes halogenated alkanes) is 1. The van der Waals surface area contributed by atoms with E-state index in [2.05, 4.69) is 0 Å². The van der Waals surface area contributed by atoms with Gasteiger partial charge in [0, 0.05) is 26.1 Å². The molecule has 0 fully saturated rings. The Balaban J connectivity index is 2.78. The molecule has 1 aromatic rings. The molecule has 0 atom stereocenters. The summed E-state index contributed by atoms with van der Waals surface area (Å²) in [6, 6.07) is 8.06. The maximum Gasteiger partial charge on any atom is 0.305 e. The van der Waals surface area contributed by atoms with Gasteiger partial charge in [-0.25, -0.2) is 0 Å². The molecule has 0 radical (unpaired) electrons. The summed E-state index contributed by atoms with van der Waals surface area (Å²) in [5.41, 5.74) is 3.05. The van der Waals surface area contributed by atoms with Crippen LogP contribution in [0.4, 0.5) is 0 Å². The van der Waals surface area contributed by atoms with E-state index >= 15 is 0 Å². The maximum absolute atomic E-state index is 11.7. The third-order valence-electron chi connectivity index (χ3n) is 3.41. The monoisotopic (exact) mass is 303 g/mol. The zero-order valence-corrected chi connectivity index (χ0v) is 13.9. The number of allylic oxidation sites excluding steroid dienone is 1. The van der Waals surface area contributed by atoms with Gasteiger partial charge in [-0.1, -0.05) is 35.9 Å². The smallest absolute Gasteiger partial charge is 0.305 e. The van der Waals surface area contributed by atoms with Crippen LogP contribution in [0.25, 0.3) is 5.70 Å². The molecule has 1 rings (SSSR count). The fourth-order valence-corrected chi connectivity index (χ4v) is 2.06. The van der Waals surface area contributed by atoms with Gasteiger partial charge in [0.25, 0.3) is 0 Å². The number of aryl methyl sites for hydroxylation is 1. The summed E-state index contributed by atoms with van der Waals surface area (Å²) in [7, 11) is 1.76. The van der Waals surface area contributed by atoms with Gasteiger partial charge < -0.3 is 9.64 Å². The quantitative estimate of drug-likeness (QED) is 0.571. The Hall–Kier alpha value is -2.10. The van der Waals surface area contributed by atoms with Crippen LogP contribution in [-0.2, 0) is 14.3 Å². The van der Waals surface area contributed by atoms with Crippen LogP contribution in [0.15, 0.2) is 30.3 Å². The average molecular weight is 303 g/mol. The van der Waals surface area contributed by atoms with Crippen LogP contribution in [0.3, 0.4) is 0 Å². The van der Waals surface area contributed by atoms with E-state index < -0.39 is 0 Å². The number of amides is 1. The average Bonchev–Trinajstić information content (AvgIpc) is 2.48. The van der Waals surface area contributed by atoms with Gasteiger partial charge in [0.1, 0.15) is 0 Å². The highest BCUT2D eigenvalue weighted by atomic mass is 16.5. The lowest BCUT2D eigenvalue weighted by Gasteiger charge is -2.20. The number of esters is 1. The van der Waals surface area contributed by atoms with E-state index in [9.17, 15) is 9.59 Å². The van der Waals surface area contributed by atoms with Gasteiger partial charge in [0.2, 0.25) is 5.91 Å². The first-order chi connectivity index (χ1) is 10.5. The van der Waals surface area contributed by atoms with Crippen molar-refractivity contribution < 1.29 is 14.3 Å². The van der Waals surface area contributed by atoms with Crippen LogP contribution in [-0.4, -0.2) is 30.4 Å². The molecule has 0 saturated carbocycles. The molecule has 0 bridgehead atoms. The molecule has 0 saturated heterocycles. The maximum atomic E-state index is 11.7. The summed E-state index contributed by atoms with van der Waals surface area (Å²) in [6.07, 6.45) is 3.83. The van der Waals surface area contributed by atoms with Gasteiger partial charge in [0.15, 0.2) is 0 Å². The topological polar surface area (TPSA) is 46.6 Å². The number of carbonyl (C=O) groups excluding carboxylic acids is 2. The third kappa shape index (κ3) is 5.72. The van der Waals surface area contributed by atoms with E-state index in [1.807, 2.05) is 37.3 Å². The van der Waals surface area contributed by atoms with E-state index in [0.717, 1.165) is 17.7 Å². The summed E-state index contributed by atoms with van der Waals surface area (Å²) in [4.78, 5) is 24.6. The molecular formula is C18H25NO3. The van der Waals surface area contributed by atoms with Crippen LogP contribution in [0.2, 0.25) is 0 Å². The second-order valence-electron chi connectivity index (χ2n) is 5.23. The molecule has 1 aromatic carbocycles. The molecule has 120 valence electrons. The van der Waals surface area contributed by atoms with Crippen molar-refractivity contribution in [1.82, 2.24) is 4.90 Å². The van der Waals surface area contributed by atoms with Crippen molar-refractivity contribution >= 4 is 17.6 Å². The molecule has 0 aliphatic heterocycles.